The highest BCUT2D eigenvalue weighted by Crippen LogP contribution is 2.30. The van der Waals surface area contributed by atoms with Crippen molar-refractivity contribution < 1.29 is 0 Å². The lowest BCUT2D eigenvalue weighted by Gasteiger charge is -2.23. The molecule has 1 saturated carbocycles. The fourth-order valence-corrected chi connectivity index (χ4v) is 2.80. The molecule has 0 unspecified atom stereocenters. The summed E-state index contributed by atoms with van der Waals surface area (Å²) in [4.78, 5) is 2.60. The van der Waals surface area contributed by atoms with Crippen LogP contribution in [0.4, 0.5) is 5.69 Å². The lowest BCUT2D eigenvalue weighted by atomic mass is 10.0. The Bertz CT molecular complexity index is 612. The van der Waals surface area contributed by atoms with E-state index in [9.17, 15) is 0 Å². The Labute approximate surface area is 127 Å². The van der Waals surface area contributed by atoms with E-state index in [1.54, 1.807) is 0 Å². The number of nitrogens with zero attached hydrogens (tertiary/aromatic N) is 1. The maximum atomic E-state index is 5.78. The third-order valence-electron chi connectivity index (χ3n) is 4.31. The molecule has 2 nitrogen and oxygen atoms in total. The first-order chi connectivity index (χ1) is 10.1. The van der Waals surface area contributed by atoms with Gasteiger partial charge in [-0.05, 0) is 55.5 Å². The minimum Gasteiger partial charge on any atom is -0.399 e. The predicted octanol–water partition coefficient (Wildman–Crippen LogP) is 4.05. The summed E-state index contributed by atoms with van der Waals surface area (Å²) < 4.78 is 0. The van der Waals surface area contributed by atoms with E-state index >= 15 is 0 Å². The summed E-state index contributed by atoms with van der Waals surface area (Å²) >= 11 is 0. The first-order valence-electron chi connectivity index (χ1n) is 7.76. The van der Waals surface area contributed by atoms with Gasteiger partial charge in [0.15, 0.2) is 0 Å². The number of benzene rings is 2. The van der Waals surface area contributed by atoms with Gasteiger partial charge in [0.05, 0.1) is 0 Å². The van der Waals surface area contributed by atoms with Crippen LogP contribution in [0.3, 0.4) is 0 Å². The van der Waals surface area contributed by atoms with Crippen molar-refractivity contribution in [3.05, 3.63) is 64.7 Å². The van der Waals surface area contributed by atoms with Crippen molar-refractivity contribution >= 4 is 5.69 Å². The first-order valence-corrected chi connectivity index (χ1v) is 7.76. The van der Waals surface area contributed by atoms with Crippen molar-refractivity contribution in [2.24, 2.45) is 0 Å². The van der Waals surface area contributed by atoms with Gasteiger partial charge >= 0.3 is 0 Å². The number of nitrogens with two attached hydrogens (primary N) is 1. The largest absolute Gasteiger partial charge is 0.399 e. The Balaban J connectivity index is 1.75. The fraction of sp³-hybridized carbons (Fsp3) is 0.368. The molecule has 0 spiro atoms. The molecule has 3 rings (SSSR count). The van der Waals surface area contributed by atoms with Crippen molar-refractivity contribution in [3.8, 4) is 0 Å². The Morgan fingerprint density at radius 1 is 1.00 bits per heavy atom. The van der Waals surface area contributed by atoms with E-state index in [4.69, 9.17) is 5.73 Å². The summed E-state index contributed by atoms with van der Waals surface area (Å²) in [5, 5.41) is 0. The van der Waals surface area contributed by atoms with Gasteiger partial charge in [-0.1, -0.05) is 35.9 Å². The molecular weight excluding hydrogens is 256 g/mol. The smallest absolute Gasteiger partial charge is 0.0314 e. The Hall–Kier alpha value is -1.80. The molecule has 21 heavy (non-hydrogen) atoms. The second-order valence-electron chi connectivity index (χ2n) is 6.31. The molecule has 0 aliphatic heterocycles. The molecule has 2 N–H and O–H groups in total. The zero-order chi connectivity index (χ0) is 14.8. The zero-order valence-corrected chi connectivity index (χ0v) is 13.0. The molecule has 1 aliphatic carbocycles. The van der Waals surface area contributed by atoms with Crippen molar-refractivity contribution in [2.75, 3.05) is 5.73 Å². The van der Waals surface area contributed by atoms with E-state index < -0.39 is 0 Å². The molecule has 110 valence electrons. The quantitative estimate of drug-likeness (QED) is 0.837. The van der Waals surface area contributed by atoms with E-state index in [0.29, 0.717) is 0 Å². The van der Waals surface area contributed by atoms with Crippen LogP contribution < -0.4 is 5.73 Å². The molecule has 0 atom stereocenters. The molecule has 2 aromatic rings. The van der Waals surface area contributed by atoms with Gasteiger partial charge in [-0.2, -0.15) is 0 Å². The van der Waals surface area contributed by atoms with Gasteiger partial charge in [-0.15, -0.1) is 0 Å². The minimum atomic E-state index is 0.752. The summed E-state index contributed by atoms with van der Waals surface area (Å²) in [6.07, 6.45) is 2.67. The van der Waals surface area contributed by atoms with Gasteiger partial charge in [0.25, 0.3) is 0 Å². The number of hydrogen-bond acceptors (Lipinski definition) is 2. The summed E-state index contributed by atoms with van der Waals surface area (Å²) in [6, 6.07) is 15.8. The van der Waals surface area contributed by atoms with Gasteiger partial charge < -0.3 is 5.73 Å². The summed E-state index contributed by atoms with van der Waals surface area (Å²) in [5.41, 5.74) is 12.2. The molecule has 0 radical (unpaired) electrons. The molecule has 0 saturated heterocycles. The molecule has 1 fully saturated rings. The van der Waals surface area contributed by atoms with Crippen molar-refractivity contribution in [1.29, 1.82) is 0 Å². The Kier molecular flexibility index (Phi) is 3.98. The Morgan fingerprint density at radius 3 is 2.38 bits per heavy atom. The van der Waals surface area contributed by atoms with Gasteiger partial charge in [-0.3, -0.25) is 4.90 Å². The van der Waals surface area contributed by atoms with Gasteiger partial charge in [-0.25, -0.2) is 0 Å². The number of aryl methyl sites for hydroxylation is 2. The summed E-state index contributed by atoms with van der Waals surface area (Å²) in [6.45, 7) is 6.44. The van der Waals surface area contributed by atoms with Crippen molar-refractivity contribution in [2.45, 2.75) is 45.8 Å². The molecule has 0 heterocycles. The lowest BCUT2D eigenvalue weighted by Crippen LogP contribution is -2.25. The molecular formula is C19H24N2. The SMILES string of the molecule is Cc1ccc(C)c(CN(Cc2ccc(N)cc2)C2CC2)c1. The molecule has 1 aliphatic rings. The van der Waals surface area contributed by atoms with E-state index in [0.717, 1.165) is 24.8 Å². The zero-order valence-electron chi connectivity index (χ0n) is 13.0. The highest BCUT2D eigenvalue weighted by molar-refractivity contribution is 5.39. The maximum Gasteiger partial charge on any atom is 0.0314 e. The van der Waals surface area contributed by atoms with Gasteiger partial charge in [0.1, 0.15) is 0 Å². The topological polar surface area (TPSA) is 29.3 Å². The van der Waals surface area contributed by atoms with Crippen molar-refractivity contribution in [3.63, 3.8) is 0 Å². The van der Waals surface area contributed by atoms with E-state index in [1.165, 1.54) is 35.1 Å². The summed E-state index contributed by atoms with van der Waals surface area (Å²) in [7, 11) is 0. The highest BCUT2D eigenvalue weighted by atomic mass is 15.2. The van der Waals surface area contributed by atoms with Crippen LogP contribution >= 0.6 is 0 Å². The Morgan fingerprint density at radius 2 is 1.71 bits per heavy atom. The second-order valence-corrected chi connectivity index (χ2v) is 6.31. The fourth-order valence-electron chi connectivity index (χ4n) is 2.80. The predicted molar refractivity (Wildman–Crippen MR) is 89.0 cm³/mol. The van der Waals surface area contributed by atoms with Crippen LogP contribution in [-0.2, 0) is 13.1 Å². The van der Waals surface area contributed by atoms with E-state index in [1.807, 2.05) is 12.1 Å². The average Bonchev–Trinajstić information content (AvgIpc) is 3.29. The lowest BCUT2D eigenvalue weighted by molar-refractivity contribution is 0.245. The monoisotopic (exact) mass is 280 g/mol. The van der Waals surface area contributed by atoms with Crippen LogP contribution in [0.5, 0.6) is 0 Å². The van der Waals surface area contributed by atoms with Crippen molar-refractivity contribution in [1.82, 2.24) is 4.90 Å². The summed E-state index contributed by atoms with van der Waals surface area (Å²) in [5.74, 6) is 0. The van der Waals surface area contributed by atoms with Crippen LogP contribution in [0.2, 0.25) is 0 Å². The third kappa shape index (κ3) is 3.64. The standard InChI is InChI=1S/C19H24N2/c1-14-3-4-15(2)17(11-14)13-21(19-9-10-19)12-16-5-7-18(20)8-6-16/h3-8,11,19H,9-10,12-13,20H2,1-2H3. The number of anilines is 1. The first kappa shape index (κ1) is 14.2. The third-order valence-corrected chi connectivity index (χ3v) is 4.31. The number of rotatable bonds is 5. The molecule has 2 aromatic carbocycles. The van der Waals surface area contributed by atoms with E-state index in [2.05, 4.69) is 49.1 Å². The van der Waals surface area contributed by atoms with Crippen LogP contribution in [0.25, 0.3) is 0 Å². The number of nitrogen functional groups attached to an aromatic ring is 1. The highest BCUT2D eigenvalue weighted by Gasteiger charge is 2.29. The van der Waals surface area contributed by atoms with Crippen LogP contribution in [-0.4, -0.2) is 10.9 Å². The van der Waals surface area contributed by atoms with Crippen LogP contribution in [0.1, 0.15) is 35.1 Å². The van der Waals surface area contributed by atoms with Gasteiger partial charge in [0, 0.05) is 24.8 Å². The van der Waals surface area contributed by atoms with E-state index in [-0.39, 0.29) is 0 Å². The minimum absolute atomic E-state index is 0.752. The molecule has 0 bridgehead atoms. The maximum absolute atomic E-state index is 5.78. The molecule has 2 heteroatoms. The van der Waals surface area contributed by atoms with Gasteiger partial charge in [0.2, 0.25) is 0 Å². The van der Waals surface area contributed by atoms with Crippen LogP contribution in [0, 0.1) is 13.8 Å². The second kappa shape index (κ2) is 5.90. The molecule has 0 amide bonds. The average molecular weight is 280 g/mol. The molecule has 0 aromatic heterocycles. The normalized spacial score (nSPS) is 14.6. The van der Waals surface area contributed by atoms with Crippen LogP contribution in [0.15, 0.2) is 42.5 Å². The number of hydrogen-bond donors (Lipinski definition) is 1.